The van der Waals surface area contributed by atoms with Crippen molar-refractivity contribution in [2.75, 3.05) is 10.8 Å². The third-order valence-electron chi connectivity index (χ3n) is 6.53. The summed E-state index contributed by atoms with van der Waals surface area (Å²) in [5.41, 5.74) is 0.629. The summed E-state index contributed by atoms with van der Waals surface area (Å²) in [6.07, 6.45) is 0. The molecule has 0 saturated carbocycles. The maximum absolute atomic E-state index is 13.9. The third-order valence-corrected chi connectivity index (χ3v) is 8.99. The molecule has 11 nitrogen and oxygen atoms in total. The van der Waals surface area contributed by atoms with Crippen molar-refractivity contribution in [1.29, 1.82) is 0 Å². The fourth-order valence-electron chi connectivity index (χ4n) is 4.60. The number of aromatic nitrogens is 2. The second-order valence-corrected chi connectivity index (χ2v) is 11.8. The van der Waals surface area contributed by atoms with Gasteiger partial charge in [0.25, 0.3) is 17.2 Å². The first-order valence-electron chi connectivity index (χ1n) is 12.5. The van der Waals surface area contributed by atoms with Gasteiger partial charge in [-0.2, -0.15) is 13.1 Å². The number of para-hydroxylation sites is 1. The first kappa shape index (κ1) is 27.2. The summed E-state index contributed by atoms with van der Waals surface area (Å²) < 4.78 is 31.8. The summed E-state index contributed by atoms with van der Waals surface area (Å²) in [6.45, 7) is 0. The van der Waals surface area contributed by atoms with Gasteiger partial charge in [0.2, 0.25) is 0 Å². The third kappa shape index (κ3) is 4.99. The van der Waals surface area contributed by atoms with E-state index in [1.165, 1.54) is 63.9 Å². The predicted molar refractivity (Wildman–Crippen MR) is 157 cm³/mol. The van der Waals surface area contributed by atoms with Gasteiger partial charge >= 0.3 is 10.1 Å². The lowest BCUT2D eigenvalue weighted by atomic mass is 10.1. The number of hydrogen-bond acceptors (Lipinski definition) is 9. The van der Waals surface area contributed by atoms with Crippen LogP contribution in [0.2, 0.25) is 0 Å². The van der Waals surface area contributed by atoms with E-state index < -0.39 is 26.0 Å². The summed E-state index contributed by atoms with van der Waals surface area (Å²) in [5, 5.41) is 12.2. The molecule has 1 atom stereocenters. The van der Waals surface area contributed by atoms with Gasteiger partial charge < -0.3 is 4.18 Å². The van der Waals surface area contributed by atoms with Crippen molar-refractivity contribution in [2.24, 2.45) is 0 Å². The molecule has 0 spiro atoms. The lowest BCUT2D eigenvalue weighted by Gasteiger charge is -2.28. The minimum Gasteiger partial charge on any atom is -0.379 e. The summed E-state index contributed by atoms with van der Waals surface area (Å²) in [7, 11) is -4.08. The normalized spacial score (nSPS) is 15.2. The van der Waals surface area contributed by atoms with E-state index >= 15 is 0 Å². The minimum absolute atomic E-state index is 0.00338. The molecule has 6 rings (SSSR count). The van der Waals surface area contributed by atoms with Crippen molar-refractivity contribution in [2.45, 2.75) is 10.3 Å². The second kappa shape index (κ2) is 10.8. The highest BCUT2D eigenvalue weighted by molar-refractivity contribution is 8.00. The van der Waals surface area contributed by atoms with Gasteiger partial charge in [0, 0.05) is 17.7 Å². The van der Waals surface area contributed by atoms with Crippen LogP contribution < -0.4 is 14.8 Å². The number of thioether (sulfide) groups is 1. The van der Waals surface area contributed by atoms with Gasteiger partial charge in [0.15, 0.2) is 5.82 Å². The van der Waals surface area contributed by atoms with E-state index in [0.29, 0.717) is 16.6 Å². The number of nitrogens with zero attached hydrogens (tertiary/aromatic N) is 4. The molecule has 4 aromatic carbocycles. The van der Waals surface area contributed by atoms with Crippen LogP contribution in [0.5, 0.6) is 5.75 Å². The van der Waals surface area contributed by atoms with Crippen LogP contribution in [-0.2, 0) is 14.9 Å². The lowest BCUT2D eigenvalue weighted by Crippen LogP contribution is -2.46. The zero-order chi connectivity index (χ0) is 29.4. The SMILES string of the molecule is O=C1CSC(c2cccc([N+](=O)[O-])c2)N1n1c(-c2ccc(OS(=O)(=O)c3ccccc3)cc2)nc2ccccc2c1=O. The number of fused-ring (bicyclic) bond motifs is 1. The number of rotatable bonds is 7. The molecule has 13 heteroatoms. The Bertz CT molecular complexity index is 2010. The fourth-order valence-corrected chi connectivity index (χ4v) is 6.67. The van der Waals surface area contributed by atoms with Gasteiger partial charge in [0.1, 0.15) is 16.0 Å². The van der Waals surface area contributed by atoms with E-state index in [4.69, 9.17) is 9.17 Å². The van der Waals surface area contributed by atoms with Gasteiger partial charge in [-0.05, 0) is 54.1 Å². The van der Waals surface area contributed by atoms with Crippen LogP contribution in [0.15, 0.2) is 113 Å². The van der Waals surface area contributed by atoms with Crippen LogP contribution >= 0.6 is 11.8 Å². The molecule has 1 saturated heterocycles. The van der Waals surface area contributed by atoms with Crippen LogP contribution in [0.25, 0.3) is 22.3 Å². The van der Waals surface area contributed by atoms with Crippen molar-refractivity contribution in [3.05, 3.63) is 129 Å². The predicted octanol–water partition coefficient (Wildman–Crippen LogP) is 4.65. The molecule has 0 aliphatic carbocycles. The van der Waals surface area contributed by atoms with Crippen LogP contribution in [0.4, 0.5) is 5.69 Å². The number of benzene rings is 4. The highest BCUT2D eigenvalue weighted by Crippen LogP contribution is 2.39. The fraction of sp³-hybridized carbons (Fsp3) is 0.0690. The molecule has 1 fully saturated rings. The molecule has 1 unspecified atom stereocenters. The van der Waals surface area contributed by atoms with Gasteiger partial charge in [-0.15, -0.1) is 11.8 Å². The Kier molecular flexibility index (Phi) is 6.96. The van der Waals surface area contributed by atoms with Gasteiger partial charge in [-0.25, -0.2) is 9.99 Å². The highest BCUT2D eigenvalue weighted by Gasteiger charge is 2.37. The smallest absolute Gasteiger partial charge is 0.339 e. The van der Waals surface area contributed by atoms with E-state index in [1.807, 2.05) is 0 Å². The Morgan fingerprint density at radius 1 is 0.905 bits per heavy atom. The molecule has 42 heavy (non-hydrogen) atoms. The van der Waals surface area contributed by atoms with Crippen LogP contribution in [-0.4, -0.2) is 34.7 Å². The molecule has 210 valence electrons. The molecule has 1 aliphatic rings. The van der Waals surface area contributed by atoms with Crippen molar-refractivity contribution in [3.63, 3.8) is 0 Å². The zero-order valence-electron chi connectivity index (χ0n) is 21.6. The van der Waals surface area contributed by atoms with Crippen molar-refractivity contribution >= 4 is 44.4 Å². The molecule has 0 N–H and O–H groups in total. The summed E-state index contributed by atoms with van der Waals surface area (Å²) in [6, 6.07) is 26.3. The molecule has 0 bridgehead atoms. The maximum atomic E-state index is 13.9. The molecular weight excluding hydrogens is 580 g/mol. The average molecular weight is 601 g/mol. The quantitative estimate of drug-likeness (QED) is 0.148. The minimum atomic E-state index is -4.08. The second-order valence-electron chi connectivity index (χ2n) is 9.20. The number of carbonyl (C=O) groups is 1. The molecule has 5 aromatic rings. The first-order chi connectivity index (χ1) is 20.2. The Balaban J connectivity index is 1.46. The molecule has 1 aromatic heterocycles. The van der Waals surface area contributed by atoms with E-state index in [-0.39, 0.29) is 39.2 Å². The molecule has 0 radical (unpaired) electrons. The largest absolute Gasteiger partial charge is 0.379 e. The summed E-state index contributed by atoms with van der Waals surface area (Å²) in [4.78, 5) is 42.8. The van der Waals surface area contributed by atoms with Crippen LogP contribution in [0.1, 0.15) is 10.9 Å². The number of nitro benzene ring substituents is 1. The standard InChI is InChI=1S/C29H20N4O7S2/c34-26-18-41-29(20-7-6-8-21(17-20)33(36)37)31(26)32-27(30-25-12-5-4-11-24(25)28(32)35)19-13-15-22(16-14-19)40-42(38,39)23-9-2-1-3-10-23/h1-17,29H,18H2. The van der Waals surface area contributed by atoms with Crippen LogP contribution in [0.3, 0.4) is 0 Å². The van der Waals surface area contributed by atoms with E-state index in [1.54, 1.807) is 60.7 Å². The Morgan fingerprint density at radius 2 is 1.62 bits per heavy atom. The van der Waals surface area contributed by atoms with Crippen LogP contribution in [0, 0.1) is 10.1 Å². The molecule has 1 aliphatic heterocycles. The molecule has 2 heterocycles. The average Bonchev–Trinajstić information content (AvgIpc) is 3.38. The Morgan fingerprint density at radius 3 is 2.36 bits per heavy atom. The summed E-state index contributed by atoms with van der Waals surface area (Å²) >= 11 is 1.23. The van der Waals surface area contributed by atoms with E-state index in [9.17, 15) is 28.1 Å². The topological polar surface area (TPSA) is 142 Å². The number of hydrogen-bond donors (Lipinski definition) is 0. The van der Waals surface area contributed by atoms with Gasteiger partial charge in [-0.1, -0.05) is 42.5 Å². The van der Waals surface area contributed by atoms with Gasteiger partial charge in [0.05, 0.1) is 21.6 Å². The monoisotopic (exact) mass is 600 g/mol. The van der Waals surface area contributed by atoms with Crippen molar-refractivity contribution in [1.82, 2.24) is 9.66 Å². The number of carbonyl (C=O) groups excluding carboxylic acids is 1. The van der Waals surface area contributed by atoms with Crippen molar-refractivity contribution < 1.29 is 22.3 Å². The van der Waals surface area contributed by atoms with Crippen molar-refractivity contribution in [3.8, 4) is 17.1 Å². The van der Waals surface area contributed by atoms with E-state index in [2.05, 4.69) is 0 Å². The molecular formula is C29H20N4O7S2. The number of amides is 1. The molecule has 1 amide bonds. The lowest BCUT2D eigenvalue weighted by molar-refractivity contribution is -0.384. The maximum Gasteiger partial charge on any atom is 0.339 e. The number of non-ortho nitro benzene ring substituents is 1. The highest BCUT2D eigenvalue weighted by atomic mass is 32.2. The van der Waals surface area contributed by atoms with E-state index in [0.717, 1.165) is 0 Å². The Labute approximate surface area is 243 Å². The van der Waals surface area contributed by atoms with Gasteiger partial charge in [-0.3, -0.25) is 19.7 Å². The first-order valence-corrected chi connectivity index (χ1v) is 15.0. The Hall–Kier alpha value is -5.01. The summed E-state index contributed by atoms with van der Waals surface area (Å²) in [5.74, 6) is -0.177. The number of nitro groups is 1. The zero-order valence-corrected chi connectivity index (χ0v) is 23.2.